The van der Waals surface area contributed by atoms with Crippen molar-refractivity contribution in [2.75, 3.05) is 12.8 Å². The molecule has 0 bridgehead atoms. The van der Waals surface area contributed by atoms with Gasteiger partial charge in [-0.1, -0.05) is 18.2 Å². The first-order valence-electron chi connectivity index (χ1n) is 5.88. The molecule has 0 radical (unpaired) electrons. The van der Waals surface area contributed by atoms with Crippen LogP contribution in [0.5, 0.6) is 0 Å². The lowest BCUT2D eigenvalue weighted by atomic mass is 10.0. The van der Waals surface area contributed by atoms with Crippen molar-refractivity contribution < 1.29 is 5.32 Å². The van der Waals surface area contributed by atoms with Crippen molar-refractivity contribution in [1.29, 1.82) is 0 Å². The molecule has 1 heterocycles. The van der Waals surface area contributed by atoms with Gasteiger partial charge in [-0.2, -0.15) is 0 Å². The number of hydrogen-bond donors (Lipinski definition) is 1. The lowest BCUT2D eigenvalue weighted by molar-refractivity contribution is -0.695. The lowest BCUT2D eigenvalue weighted by Gasteiger charge is -2.15. The maximum absolute atomic E-state index is 2.53. The van der Waals surface area contributed by atoms with Crippen molar-refractivity contribution in [3.05, 3.63) is 29.8 Å². The molecule has 2 rings (SSSR count). The summed E-state index contributed by atoms with van der Waals surface area (Å²) in [5, 5.41) is 2.53. The molecule has 2 heteroatoms. The Morgan fingerprint density at radius 1 is 1.20 bits per heavy atom. The van der Waals surface area contributed by atoms with Crippen LogP contribution in [0.4, 0.5) is 0 Å². The second kappa shape index (κ2) is 5.57. The quantitative estimate of drug-likeness (QED) is 0.761. The second-order valence-electron chi connectivity index (χ2n) is 4.22. The van der Waals surface area contributed by atoms with Gasteiger partial charge in [-0.15, -0.1) is 11.8 Å². The fourth-order valence-electron chi connectivity index (χ4n) is 2.38. The van der Waals surface area contributed by atoms with Gasteiger partial charge in [0.05, 0.1) is 6.54 Å². The highest BCUT2D eigenvalue weighted by molar-refractivity contribution is 7.98. The zero-order valence-electron chi connectivity index (χ0n) is 9.41. The summed E-state index contributed by atoms with van der Waals surface area (Å²) in [6.45, 7) is 1.30. The van der Waals surface area contributed by atoms with Crippen molar-refractivity contribution in [2.45, 2.75) is 36.6 Å². The first-order valence-corrected chi connectivity index (χ1v) is 7.10. The van der Waals surface area contributed by atoms with Gasteiger partial charge >= 0.3 is 0 Å². The van der Waals surface area contributed by atoms with Crippen molar-refractivity contribution in [3.8, 4) is 0 Å². The molecule has 0 unspecified atom stereocenters. The Labute approximate surface area is 96.7 Å². The highest BCUT2D eigenvalue weighted by Crippen LogP contribution is 2.27. The van der Waals surface area contributed by atoms with Crippen molar-refractivity contribution in [1.82, 2.24) is 0 Å². The molecular weight excluding hydrogens is 202 g/mol. The topological polar surface area (TPSA) is 16.6 Å². The van der Waals surface area contributed by atoms with E-state index in [0.29, 0.717) is 6.04 Å². The summed E-state index contributed by atoms with van der Waals surface area (Å²) in [6, 6.07) is 9.58. The maximum atomic E-state index is 2.53. The first kappa shape index (κ1) is 11.0. The van der Waals surface area contributed by atoms with Crippen LogP contribution in [0.15, 0.2) is 29.2 Å². The molecule has 0 aliphatic carbocycles. The van der Waals surface area contributed by atoms with Crippen LogP contribution < -0.4 is 5.32 Å². The minimum Gasteiger partial charge on any atom is -0.340 e. The molecule has 0 amide bonds. The second-order valence-corrected chi connectivity index (χ2v) is 5.07. The van der Waals surface area contributed by atoms with Crippen LogP contribution in [-0.4, -0.2) is 12.8 Å². The molecule has 1 aromatic carbocycles. The van der Waals surface area contributed by atoms with Gasteiger partial charge in [0.25, 0.3) is 0 Å². The molecule has 1 fully saturated rings. The first-order chi connectivity index (χ1) is 7.42. The average Bonchev–Trinajstić information content (AvgIpc) is 2.57. The zero-order valence-corrected chi connectivity index (χ0v) is 10.2. The summed E-state index contributed by atoms with van der Waals surface area (Å²) in [4.78, 5) is 1.46. The number of quaternary nitrogens is 1. The third-order valence-electron chi connectivity index (χ3n) is 3.21. The highest BCUT2D eigenvalue weighted by atomic mass is 32.2. The Balaban J connectivity index is 2.18. The van der Waals surface area contributed by atoms with Crippen LogP contribution in [0.2, 0.25) is 0 Å². The third kappa shape index (κ3) is 2.76. The number of nitrogens with two attached hydrogens (primary N) is 1. The molecule has 2 N–H and O–H groups in total. The number of hydrogen-bond acceptors (Lipinski definition) is 1. The van der Waals surface area contributed by atoms with Crippen molar-refractivity contribution >= 4 is 11.8 Å². The normalized spacial score (nSPS) is 22.3. The van der Waals surface area contributed by atoms with Crippen LogP contribution in [0.1, 0.15) is 37.3 Å². The lowest BCUT2D eigenvalue weighted by Crippen LogP contribution is -2.84. The van der Waals surface area contributed by atoms with E-state index in [2.05, 4.69) is 35.8 Å². The largest absolute Gasteiger partial charge is 0.340 e. The summed E-state index contributed by atoms with van der Waals surface area (Å²) in [5.74, 6) is 0. The molecule has 1 nitrogen and oxygen atoms in total. The Morgan fingerprint density at radius 3 is 2.93 bits per heavy atom. The third-order valence-corrected chi connectivity index (χ3v) is 4.02. The van der Waals surface area contributed by atoms with E-state index >= 15 is 0 Å². The summed E-state index contributed by atoms with van der Waals surface area (Å²) in [7, 11) is 0. The van der Waals surface area contributed by atoms with Crippen LogP contribution >= 0.6 is 11.8 Å². The monoisotopic (exact) mass is 222 g/mol. The minimum atomic E-state index is 0.705. The highest BCUT2D eigenvalue weighted by Gasteiger charge is 2.19. The van der Waals surface area contributed by atoms with Gasteiger partial charge in [0.2, 0.25) is 0 Å². The maximum Gasteiger partial charge on any atom is 0.113 e. The molecule has 1 aromatic rings. The van der Waals surface area contributed by atoms with Gasteiger partial charge in [-0.3, -0.25) is 0 Å². The predicted octanol–water partition coefficient (Wildman–Crippen LogP) is 2.59. The minimum absolute atomic E-state index is 0.705. The van der Waals surface area contributed by atoms with Gasteiger partial charge in [-0.25, -0.2) is 0 Å². The van der Waals surface area contributed by atoms with E-state index in [4.69, 9.17) is 0 Å². The van der Waals surface area contributed by atoms with E-state index in [0.717, 1.165) is 0 Å². The standard InChI is InChI=1S/C13H19NS/c1-15-13-9-5-4-7-11(13)12-8-3-2-6-10-14-12/h4-5,7,9,12,14H,2-3,6,8,10H2,1H3/p+1/t12-/m1/s1. The molecule has 1 saturated heterocycles. The molecule has 1 aliphatic rings. The molecule has 0 saturated carbocycles. The van der Waals surface area contributed by atoms with Crippen LogP contribution in [0, 0.1) is 0 Å². The van der Waals surface area contributed by atoms with Gasteiger partial charge < -0.3 is 5.32 Å². The molecule has 1 atom stereocenters. The van der Waals surface area contributed by atoms with Gasteiger partial charge in [0, 0.05) is 16.9 Å². The Hall–Kier alpha value is -0.470. The van der Waals surface area contributed by atoms with Crippen LogP contribution in [-0.2, 0) is 0 Å². The smallest absolute Gasteiger partial charge is 0.113 e. The molecule has 82 valence electrons. The Bertz CT molecular complexity index is 303. The van der Waals surface area contributed by atoms with E-state index < -0.39 is 0 Å². The SMILES string of the molecule is CSc1ccccc1[C@H]1CCCCC[NH2+]1. The molecule has 0 spiro atoms. The Kier molecular flexibility index (Phi) is 4.09. The fraction of sp³-hybridized carbons (Fsp3) is 0.538. The van der Waals surface area contributed by atoms with E-state index in [9.17, 15) is 0 Å². The van der Waals surface area contributed by atoms with E-state index in [-0.39, 0.29) is 0 Å². The van der Waals surface area contributed by atoms with Crippen LogP contribution in [0.3, 0.4) is 0 Å². The summed E-state index contributed by atoms with van der Waals surface area (Å²) in [6.07, 6.45) is 7.71. The molecule has 1 aliphatic heterocycles. The van der Waals surface area contributed by atoms with E-state index in [1.165, 1.54) is 37.1 Å². The van der Waals surface area contributed by atoms with E-state index in [1.807, 2.05) is 11.8 Å². The van der Waals surface area contributed by atoms with Gasteiger partial charge in [-0.05, 0) is 31.6 Å². The number of rotatable bonds is 2. The van der Waals surface area contributed by atoms with E-state index in [1.54, 1.807) is 5.56 Å². The average molecular weight is 222 g/mol. The zero-order chi connectivity index (χ0) is 10.5. The van der Waals surface area contributed by atoms with Gasteiger partial charge in [0.1, 0.15) is 6.04 Å². The summed E-state index contributed by atoms with van der Waals surface area (Å²) >= 11 is 1.88. The number of thioether (sulfide) groups is 1. The van der Waals surface area contributed by atoms with Crippen LogP contribution in [0.25, 0.3) is 0 Å². The van der Waals surface area contributed by atoms with Gasteiger partial charge in [0.15, 0.2) is 0 Å². The number of benzene rings is 1. The fourth-order valence-corrected chi connectivity index (χ4v) is 3.05. The molecule has 15 heavy (non-hydrogen) atoms. The summed E-state index contributed by atoms with van der Waals surface area (Å²) in [5.41, 5.74) is 1.55. The molecular formula is C13H20NS+. The van der Waals surface area contributed by atoms with Crippen molar-refractivity contribution in [2.24, 2.45) is 0 Å². The molecule has 0 aromatic heterocycles. The van der Waals surface area contributed by atoms with Crippen molar-refractivity contribution in [3.63, 3.8) is 0 Å². The summed E-state index contributed by atoms with van der Waals surface area (Å²) < 4.78 is 0. The predicted molar refractivity (Wildman–Crippen MR) is 66.2 cm³/mol. The Morgan fingerprint density at radius 2 is 2.07 bits per heavy atom.